The molecule has 0 fully saturated rings. The second-order valence-electron chi connectivity index (χ2n) is 2.52. The van der Waals surface area contributed by atoms with Gasteiger partial charge in [0, 0.05) is 6.07 Å². The minimum absolute atomic E-state index is 0.474. The van der Waals surface area contributed by atoms with E-state index in [-0.39, 0.29) is 0 Å². The smallest absolute Gasteiger partial charge is 0.133 e. The van der Waals surface area contributed by atoms with Crippen LogP contribution in [0.5, 0.6) is 0 Å². The highest BCUT2D eigenvalue weighted by Crippen LogP contribution is 2.12. The van der Waals surface area contributed by atoms with Gasteiger partial charge in [-0.15, -0.1) is 0 Å². The van der Waals surface area contributed by atoms with Gasteiger partial charge in [0.15, 0.2) is 0 Å². The molecule has 0 bridgehead atoms. The molecule has 0 spiro atoms. The standard InChI is InChI=1S/C7H11NO/c1-5(2)7-4-6(3)9-8-7/h4-5H,1-3H3. The maximum atomic E-state index is 4.88. The van der Waals surface area contributed by atoms with Crippen molar-refractivity contribution >= 4 is 0 Å². The third-order valence-electron chi connectivity index (χ3n) is 1.24. The van der Waals surface area contributed by atoms with E-state index < -0.39 is 0 Å². The quantitative estimate of drug-likeness (QED) is 0.574. The van der Waals surface area contributed by atoms with Crippen molar-refractivity contribution in [1.82, 2.24) is 5.16 Å². The lowest BCUT2D eigenvalue weighted by atomic mass is 10.1. The van der Waals surface area contributed by atoms with Crippen LogP contribution >= 0.6 is 0 Å². The van der Waals surface area contributed by atoms with Crippen molar-refractivity contribution in [2.24, 2.45) is 0 Å². The summed E-state index contributed by atoms with van der Waals surface area (Å²) in [5.74, 6) is 1.36. The third kappa shape index (κ3) is 1.31. The van der Waals surface area contributed by atoms with Gasteiger partial charge in [0.1, 0.15) is 5.76 Å². The van der Waals surface area contributed by atoms with Crippen LogP contribution in [-0.4, -0.2) is 5.16 Å². The predicted octanol–water partition coefficient (Wildman–Crippen LogP) is 2.11. The molecule has 0 radical (unpaired) electrons. The molecule has 1 heterocycles. The second-order valence-corrected chi connectivity index (χ2v) is 2.52. The Hall–Kier alpha value is -0.790. The molecule has 0 aliphatic carbocycles. The van der Waals surface area contributed by atoms with Gasteiger partial charge in [0.05, 0.1) is 5.69 Å². The van der Waals surface area contributed by atoms with Crippen LogP contribution < -0.4 is 0 Å². The Balaban J connectivity index is 2.85. The van der Waals surface area contributed by atoms with E-state index in [1.165, 1.54) is 0 Å². The number of hydrogen-bond acceptors (Lipinski definition) is 2. The van der Waals surface area contributed by atoms with Gasteiger partial charge in [0.2, 0.25) is 0 Å². The highest BCUT2D eigenvalue weighted by molar-refractivity contribution is 5.06. The zero-order chi connectivity index (χ0) is 6.85. The average molecular weight is 125 g/mol. The Morgan fingerprint density at radius 3 is 2.44 bits per heavy atom. The highest BCUT2D eigenvalue weighted by atomic mass is 16.5. The summed E-state index contributed by atoms with van der Waals surface area (Å²) in [7, 11) is 0. The molecule has 1 rings (SSSR count). The topological polar surface area (TPSA) is 26.0 Å². The molecule has 0 aromatic carbocycles. The van der Waals surface area contributed by atoms with Crippen LogP contribution in [0.4, 0.5) is 0 Å². The molecule has 0 saturated heterocycles. The van der Waals surface area contributed by atoms with Crippen LogP contribution in [0.15, 0.2) is 10.6 Å². The SMILES string of the molecule is Cc1cc(C(C)C)no1. The van der Waals surface area contributed by atoms with Gasteiger partial charge in [-0.25, -0.2) is 0 Å². The van der Waals surface area contributed by atoms with Crippen molar-refractivity contribution in [3.8, 4) is 0 Å². The maximum Gasteiger partial charge on any atom is 0.133 e. The van der Waals surface area contributed by atoms with Crippen molar-refractivity contribution < 1.29 is 4.52 Å². The molecule has 9 heavy (non-hydrogen) atoms. The van der Waals surface area contributed by atoms with Gasteiger partial charge in [-0.2, -0.15) is 0 Å². The summed E-state index contributed by atoms with van der Waals surface area (Å²) in [6.07, 6.45) is 0. The lowest BCUT2D eigenvalue weighted by Crippen LogP contribution is -1.84. The van der Waals surface area contributed by atoms with Crippen LogP contribution in [0.2, 0.25) is 0 Å². The summed E-state index contributed by atoms with van der Waals surface area (Å²) in [5.41, 5.74) is 1.03. The van der Waals surface area contributed by atoms with Gasteiger partial charge < -0.3 is 4.52 Å². The molecule has 0 aliphatic rings. The maximum absolute atomic E-state index is 4.88. The molecule has 2 nitrogen and oxygen atoms in total. The largest absolute Gasteiger partial charge is 0.361 e. The number of hydrogen-bond donors (Lipinski definition) is 0. The van der Waals surface area contributed by atoms with Crippen LogP contribution in [0.1, 0.15) is 31.2 Å². The fraction of sp³-hybridized carbons (Fsp3) is 0.571. The van der Waals surface area contributed by atoms with Crippen molar-refractivity contribution in [3.63, 3.8) is 0 Å². The Labute approximate surface area is 54.9 Å². The van der Waals surface area contributed by atoms with Gasteiger partial charge in [-0.05, 0) is 12.8 Å². The summed E-state index contributed by atoms with van der Waals surface area (Å²) >= 11 is 0. The summed E-state index contributed by atoms with van der Waals surface area (Å²) in [6.45, 7) is 6.09. The number of nitrogens with zero attached hydrogens (tertiary/aromatic N) is 1. The van der Waals surface area contributed by atoms with Gasteiger partial charge in [-0.1, -0.05) is 19.0 Å². The van der Waals surface area contributed by atoms with E-state index in [1.807, 2.05) is 13.0 Å². The Bertz CT molecular complexity index is 191. The van der Waals surface area contributed by atoms with E-state index in [0.29, 0.717) is 5.92 Å². The number of aromatic nitrogens is 1. The van der Waals surface area contributed by atoms with Gasteiger partial charge in [0.25, 0.3) is 0 Å². The Kier molecular flexibility index (Phi) is 1.56. The lowest BCUT2D eigenvalue weighted by molar-refractivity contribution is 0.388. The molecule has 0 atom stereocenters. The third-order valence-corrected chi connectivity index (χ3v) is 1.24. The zero-order valence-electron chi connectivity index (χ0n) is 6.01. The molecule has 0 amide bonds. The fourth-order valence-corrected chi connectivity index (χ4v) is 0.658. The molecule has 50 valence electrons. The van der Waals surface area contributed by atoms with Crippen LogP contribution in [-0.2, 0) is 0 Å². The second kappa shape index (κ2) is 2.21. The average Bonchev–Trinajstić information content (AvgIpc) is 2.14. The normalized spacial score (nSPS) is 10.7. The summed E-state index contributed by atoms with van der Waals surface area (Å²) in [6, 6.07) is 1.96. The van der Waals surface area contributed by atoms with Gasteiger partial charge in [-0.3, -0.25) is 0 Å². The Morgan fingerprint density at radius 1 is 1.56 bits per heavy atom. The van der Waals surface area contributed by atoms with Crippen molar-refractivity contribution in [2.45, 2.75) is 26.7 Å². The van der Waals surface area contributed by atoms with E-state index in [0.717, 1.165) is 11.5 Å². The first-order valence-corrected chi connectivity index (χ1v) is 3.13. The van der Waals surface area contributed by atoms with Gasteiger partial charge >= 0.3 is 0 Å². The molecule has 0 unspecified atom stereocenters. The van der Waals surface area contributed by atoms with Crippen LogP contribution in [0.3, 0.4) is 0 Å². The van der Waals surface area contributed by atoms with E-state index >= 15 is 0 Å². The minimum atomic E-state index is 0.474. The van der Waals surface area contributed by atoms with E-state index in [1.54, 1.807) is 0 Å². The molecule has 0 N–H and O–H groups in total. The van der Waals surface area contributed by atoms with Crippen molar-refractivity contribution in [1.29, 1.82) is 0 Å². The van der Waals surface area contributed by atoms with E-state index in [9.17, 15) is 0 Å². The zero-order valence-corrected chi connectivity index (χ0v) is 6.01. The first kappa shape index (κ1) is 6.33. The first-order valence-electron chi connectivity index (χ1n) is 3.13. The van der Waals surface area contributed by atoms with Crippen LogP contribution in [0.25, 0.3) is 0 Å². The predicted molar refractivity (Wildman–Crippen MR) is 35.3 cm³/mol. The minimum Gasteiger partial charge on any atom is -0.361 e. The monoisotopic (exact) mass is 125 g/mol. The summed E-state index contributed by atoms with van der Waals surface area (Å²) in [4.78, 5) is 0. The summed E-state index contributed by atoms with van der Waals surface area (Å²) in [5, 5.41) is 3.84. The highest BCUT2D eigenvalue weighted by Gasteiger charge is 2.02. The molecular weight excluding hydrogens is 114 g/mol. The molecule has 1 aromatic heterocycles. The van der Waals surface area contributed by atoms with E-state index in [4.69, 9.17) is 4.52 Å². The molecule has 1 aromatic rings. The fourth-order valence-electron chi connectivity index (χ4n) is 0.658. The number of aryl methyl sites for hydroxylation is 1. The molecule has 0 saturated carbocycles. The number of rotatable bonds is 1. The lowest BCUT2D eigenvalue weighted by Gasteiger charge is -1.92. The molecule has 2 heteroatoms. The van der Waals surface area contributed by atoms with Crippen molar-refractivity contribution in [3.05, 3.63) is 17.5 Å². The molecular formula is C7H11NO. The van der Waals surface area contributed by atoms with Crippen LogP contribution in [0, 0.1) is 6.92 Å². The Morgan fingerprint density at radius 2 is 2.22 bits per heavy atom. The summed E-state index contributed by atoms with van der Waals surface area (Å²) < 4.78 is 4.88. The first-order chi connectivity index (χ1) is 4.20. The van der Waals surface area contributed by atoms with Crippen molar-refractivity contribution in [2.75, 3.05) is 0 Å². The van der Waals surface area contributed by atoms with E-state index in [2.05, 4.69) is 19.0 Å². The molecule has 0 aliphatic heterocycles.